The van der Waals surface area contributed by atoms with Gasteiger partial charge in [0.2, 0.25) is 0 Å². The Kier molecular flexibility index (Phi) is 5.78. The predicted octanol–water partition coefficient (Wildman–Crippen LogP) is 3.03. The first-order chi connectivity index (χ1) is 12.2. The first-order valence-corrected chi connectivity index (χ1v) is 8.72. The van der Waals surface area contributed by atoms with E-state index in [-0.39, 0.29) is 12.3 Å². The number of hydrogen-bond donors (Lipinski definition) is 1. The molecule has 7 nitrogen and oxygen atoms in total. The van der Waals surface area contributed by atoms with E-state index in [9.17, 15) is 10.1 Å². The second-order valence-electron chi connectivity index (χ2n) is 6.37. The van der Waals surface area contributed by atoms with Gasteiger partial charge in [0, 0.05) is 43.3 Å². The fourth-order valence-electron chi connectivity index (χ4n) is 3.41. The Morgan fingerprint density at radius 3 is 3.12 bits per heavy atom. The van der Waals surface area contributed by atoms with Crippen LogP contribution in [0.1, 0.15) is 31.6 Å². The van der Waals surface area contributed by atoms with Crippen molar-refractivity contribution >= 4 is 5.69 Å². The van der Waals surface area contributed by atoms with Crippen molar-refractivity contribution in [3.8, 4) is 11.3 Å². The zero-order chi connectivity index (χ0) is 17.6. The maximum atomic E-state index is 10.9. The molecule has 0 bridgehead atoms. The molecule has 3 rings (SSSR count). The van der Waals surface area contributed by atoms with Gasteiger partial charge in [-0.15, -0.1) is 0 Å². The highest BCUT2D eigenvalue weighted by Crippen LogP contribution is 2.25. The van der Waals surface area contributed by atoms with Gasteiger partial charge in [-0.2, -0.15) is 0 Å². The van der Waals surface area contributed by atoms with Gasteiger partial charge in [0.25, 0.3) is 5.69 Å². The number of non-ortho nitro benzene ring substituents is 1. The lowest BCUT2D eigenvalue weighted by molar-refractivity contribution is -0.384. The van der Waals surface area contributed by atoms with Gasteiger partial charge in [-0.25, -0.2) is 4.98 Å². The number of likely N-dealkylation sites (tertiary alicyclic amines) is 1. The Morgan fingerprint density at radius 2 is 2.32 bits per heavy atom. The van der Waals surface area contributed by atoms with Crippen molar-refractivity contribution in [3.63, 3.8) is 0 Å². The van der Waals surface area contributed by atoms with Crippen LogP contribution in [-0.2, 0) is 6.42 Å². The van der Waals surface area contributed by atoms with Gasteiger partial charge >= 0.3 is 0 Å². The molecule has 25 heavy (non-hydrogen) atoms. The summed E-state index contributed by atoms with van der Waals surface area (Å²) in [4.78, 5) is 17.2. The van der Waals surface area contributed by atoms with E-state index in [1.807, 2.05) is 0 Å². The van der Waals surface area contributed by atoms with Crippen molar-refractivity contribution < 1.29 is 14.4 Å². The molecule has 2 heterocycles. The minimum atomic E-state index is -0.416. The van der Waals surface area contributed by atoms with Crippen LogP contribution in [0.2, 0.25) is 0 Å². The Labute approximate surface area is 146 Å². The van der Waals surface area contributed by atoms with Gasteiger partial charge < -0.3 is 9.52 Å². The van der Waals surface area contributed by atoms with E-state index in [1.54, 1.807) is 18.3 Å². The van der Waals surface area contributed by atoms with Gasteiger partial charge in [0.1, 0.15) is 0 Å². The fourth-order valence-corrected chi connectivity index (χ4v) is 3.41. The Hall–Kier alpha value is -2.25. The Balaban J connectivity index is 1.60. The van der Waals surface area contributed by atoms with Crippen LogP contribution in [-0.4, -0.2) is 45.7 Å². The topological polar surface area (TPSA) is 92.6 Å². The zero-order valence-corrected chi connectivity index (χ0v) is 14.1. The molecule has 0 aliphatic carbocycles. The summed E-state index contributed by atoms with van der Waals surface area (Å²) in [5.41, 5.74) is 0.703. The number of rotatable bonds is 8. The van der Waals surface area contributed by atoms with Crippen LogP contribution >= 0.6 is 0 Å². The third-order valence-corrected chi connectivity index (χ3v) is 4.70. The number of hydrogen-bond acceptors (Lipinski definition) is 6. The van der Waals surface area contributed by atoms with Crippen molar-refractivity contribution in [1.29, 1.82) is 0 Å². The molecule has 0 saturated carbocycles. The molecule has 1 saturated heterocycles. The van der Waals surface area contributed by atoms with E-state index >= 15 is 0 Å². The first kappa shape index (κ1) is 17.6. The highest BCUT2D eigenvalue weighted by Gasteiger charge is 2.24. The number of nitrogens with zero attached hydrogens (tertiary/aromatic N) is 3. The average molecular weight is 345 g/mol. The Bertz CT molecular complexity index is 716. The monoisotopic (exact) mass is 345 g/mol. The summed E-state index contributed by atoms with van der Waals surface area (Å²) < 4.78 is 5.78. The van der Waals surface area contributed by atoms with Crippen molar-refractivity contribution in [1.82, 2.24) is 9.88 Å². The molecule has 7 heteroatoms. The molecule has 1 fully saturated rings. The molecule has 1 aromatic carbocycles. The second kappa shape index (κ2) is 8.22. The summed E-state index contributed by atoms with van der Waals surface area (Å²) in [6.07, 6.45) is 6.59. The number of aliphatic hydroxyl groups excluding tert-OH is 1. The van der Waals surface area contributed by atoms with Crippen LogP contribution in [0.5, 0.6) is 0 Å². The molecule has 1 N–H and O–H groups in total. The van der Waals surface area contributed by atoms with E-state index in [4.69, 9.17) is 9.52 Å². The largest absolute Gasteiger partial charge is 0.441 e. The SMILES string of the molecule is O=[N+]([O-])c1cccc(-c2cnc(CCN3CCCC3CCCO)o2)c1. The molecule has 134 valence electrons. The summed E-state index contributed by atoms with van der Waals surface area (Å²) in [5.74, 6) is 1.20. The standard InChI is InChI=1S/C18H23N3O4/c22-11-3-7-15-6-2-9-20(15)10-8-18-19-13-17(25-18)14-4-1-5-16(12-14)21(23)24/h1,4-5,12-13,15,22H,2-3,6-11H2. The minimum absolute atomic E-state index is 0.0410. The molecule has 1 aliphatic rings. The summed E-state index contributed by atoms with van der Waals surface area (Å²) in [7, 11) is 0. The molecule has 1 aromatic heterocycles. The molecule has 1 unspecified atom stereocenters. The van der Waals surface area contributed by atoms with Crippen molar-refractivity contribution in [2.75, 3.05) is 19.7 Å². The molecule has 0 radical (unpaired) electrons. The van der Waals surface area contributed by atoms with Crippen molar-refractivity contribution in [3.05, 3.63) is 46.5 Å². The number of nitro benzene ring substituents is 1. The number of aromatic nitrogens is 1. The lowest BCUT2D eigenvalue weighted by Gasteiger charge is -2.23. The van der Waals surface area contributed by atoms with Gasteiger partial charge in [-0.3, -0.25) is 15.0 Å². The summed E-state index contributed by atoms with van der Waals surface area (Å²) in [5, 5.41) is 19.9. The Morgan fingerprint density at radius 1 is 1.44 bits per heavy atom. The maximum Gasteiger partial charge on any atom is 0.270 e. The van der Waals surface area contributed by atoms with Crippen LogP contribution in [0.25, 0.3) is 11.3 Å². The molecule has 1 atom stereocenters. The quantitative estimate of drug-likeness (QED) is 0.584. The lowest BCUT2D eigenvalue weighted by Crippen LogP contribution is -2.31. The number of aliphatic hydroxyl groups is 1. The minimum Gasteiger partial charge on any atom is -0.441 e. The molecule has 0 spiro atoms. The van der Waals surface area contributed by atoms with E-state index in [1.165, 1.54) is 25.0 Å². The van der Waals surface area contributed by atoms with Crippen molar-refractivity contribution in [2.24, 2.45) is 0 Å². The highest BCUT2D eigenvalue weighted by molar-refractivity contribution is 5.60. The molecular formula is C18H23N3O4. The van der Waals surface area contributed by atoms with E-state index < -0.39 is 4.92 Å². The smallest absolute Gasteiger partial charge is 0.270 e. The van der Waals surface area contributed by atoms with Gasteiger partial charge in [0.05, 0.1) is 11.1 Å². The average Bonchev–Trinajstić information content (AvgIpc) is 3.27. The third kappa shape index (κ3) is 4.43. The maximum absolute atomic E-state index is 10.9. The zero-order valence-electron chi connectivity index (χ0n) is 14.1. The first-order valence-electron chi connectivity index (χ1n) is 8.72. The second-order valence-corrected chi connectivity index (χ2v) is 6.37. The van der Waals surface area contributed by atoms with Crippen molar-refractivity contribution in [2.45, 2.75) is 38.1 Å². The van der Waals surface area contributed by atoms with Crippen LogP contribution in [0.15, 0.2) is 34.9 Å². The molecular weight excluding hydrogens is 322 g/mol. The molecule has 0 amide bonds. The normalized spacial score (nSPS) is 17.9. The van der Waals surface area contributed by atoms with Crippen LogP contribution in [0, 0.1) is 10.1 Å². The third-order valence-electron chi connectivity index (χ3n) is 4.70. The molecule has 1 aliphatic heterocycles. The summed E-state index contributed by atoms with van der Waals surface area (Å²) in [6, 6.07) is 6.92. The van der Waals surface area contributed by atoms with E-state index in [0.717, 1.165) is 25.9 Å². The van der Waals surface area contributed by atoms with Crippen LogP contribution in [0.4, 0.5) is 5.69 Å². The fraction of sp³-hybridized carbons (Fsp3) is 0.500. The van der Waals surface area contributed by atoms with Gasteiger partial charge in [-0.1, -0.05) is 12.1 Å². The number of nitro groups is 1. The molecule has 2 aromatic rings. The summed E-state index contributed by atoms with van der Waals surface area (Å²) >= 11 is 0. The number of benzene rings is 1. The van der Waals surface area contributed by atoms with Gasteiger partial charge in [-0.05, 0) is 32.2 Å². The van der Waals surface area contributed by atoms with Crippen LogP contribution in [0.3, 0.4) is 0 Å². The lowest BCUT2D eigenvalue weighted by atomic mass is 10.1. The van der Waals surface area contributed by atoms with E-state index in [2.05, 4.69) is 9.88 Å². The predicted molar refractivity (Wildman–Crippen MR) is 93.2 cm³/mol. The van der Waals surface area contributed by atoms with Gasteiger partial charge in [0.15, 0.2) is 11.7 Å². The van der Waals surface area contributed by atoms with Crippen LogP contribution < -0.4 is 0 Å². The highest BCUT2D eigenvalue weighted by atomic mass is 16.6. The number of oxazole rings is 1. The van der Waals surface area contributed by atoms with E-state index in [0.29, 0.717) is 29.7 Å². The summed E-state index contributed by atoms with van der Waals surface area (Å²) in [6.45, 7) is 2.20.